The van der Waals surface area contributed by atoms with Crippen LogP contribution in [0.3, 0.4) is 0 Å². The molecule has 0 radical (unpaired) electrons. The van der Waals surface area contributed by atoms with Gasteiger partial charge in [0.05, 0.1) is 6.61 Å². The van der Waals surface area contributed by atoms with Gasteiger partial charge in [0.1, 0.15) is 0 Å². The third-order valence-corrected chi connectivity index (χ3v) is 2.55. The van der Waals surface area contributed by atoms with Gasteiger partial charge in [0.2, 0.25) is 0 Å². The first-order chi connectivity index (χ1) is 7.14. The fourth-order valence-electron chi connectivity index (χ4n) is 1.20. The van der Waals surface area contributed by atoms with Gasteiger partial charge < -0.3 is 4.74 Å². The van der Waals surface area contributed by atoms with E-state index in [2.05, 4.69) is 32.6 Å². The molecule has 0 N–H and O–H groups in total. The molecule has 0 aliphatic carbocycles. The Kier molecular flexibility index (Phi) is 4.57. The Hall–Kier alpha value is -1.08. The molecule has 0 heterocycles. The third-order valence-electron chi connectivity index (χ3n) is 2.55. The van der Waals surface area contributed by atoms with E-state index in [-0.39, 0.29) is 5.41 Å². The standard InChI is InChI=1S/C14H20O/c1-4-14(2,3)10-11-15-12-13-8-6-5-7-9-13/h4-9H,1,10-12H2,2-3H3. The zero-order chi connectivity index (χ0) is 11.1. The normalized spacial score (nSPS) is 11.3. The predicted octanol–water partition coefficient (Wildman–Crippen LogP) is 3.81. The number of allylic oxidation sites excluding steroid dienone is 1. The van der Waals surface area contributed by atoms with E-state index in [1.807, 2.05) is 24.3 Å². The molecule has 0 amide bonds. The average molecular weight is 204 g/mol. The molecule has 1 nitrogen and oxygen atoms in total. The molecule has 1 aromatic rings. The quantitative estimate of drug-likeness (QED) is 0.506. The van der Waals surface area contributed by atoms with Crippen LogP contribution in [0.5, 0.6) is 0 Å². The summed E-state index contributed by atoms with van der Waals surface area (Å²) in [5, 5.41) is 0. The van der Waals surface area contributed by atoms with E-state index in [0.29, 0.717) is 6.61 Å². The summed E-state index contributed by atoms with van der Waals surface area (Å²) in [6, 6.07) is 10.3. The Morgan fingerprint density at radius 2 is 1.93 bits per heavy atom. The van der Waals surface area contributed by atoms with Crippen molar-refractivity contribution in [1.82, 2.24) is 0 Å². The first-order valence-corrected chi connectivity index (χ1v) is 5.39. The largest absolute Gasteiger partial charge is 0.377 e. The van der Waals surface area contributed by atoms with Gasteiger partial charge in [-0.2, -0.15) is 0 Å². The van der Waals surface area contributed by atoms with Crippen molar-refractivity contribution in [2.24, 2.45) is 5.41 Å². The van der Waals surface area contributed by atoms with Gasteiger partial charge in [-0.15, -0.1) is 6.58 Å². The van der Waals surface area contributed by atoms with Crippen molar-refractivity contribution in [3.8, 4) is 0 Å². The van der Waals surface area contributed by atoms with Crippen LogP contribution >= 0.6 is 0 Å². The van der Waals surface area contributed by atoms with Gasteiger partial charge in [-0.1, -0.05) is 50.3 Å². The molecule has 0 aromatic heterocycles. The van der Waals surface area contributed by atoms with E-state index in [0.717, 1.165) is 13.0 Å². The van der Waals surface area contributed by atoms with Crippen molar-refractivity contribution >= 4 is 0 Å². The lowest BCUT2D eigenvalue weighted by atomic mass is 9.90. The molecular weight excluding hydrogens is 184 g/mol. The third kappa shape index (κ3) is 4.80. The van der Waals surface area contributed by atoms with Crippen LogP contribution in [0.2, 0.25) is 0 Å². The Morgan fingerprint density at radius 1 is 1.27 bits per heavy atom. The number of hydrogen-bond acceptors (Lipinski definition) is 1. The molecule has 0 bridgehead atoms. The van der Waals surface area contributed by atoms with Gasteiger partial charge in [0.15, 0.2) is 0 Å². The summed E-state index contributed by atoms with van der Waals surface area (Å²) < 4.78 is 5.61. The van der Waals surface area contributed by atoms with Crippen molar-refractivity contribution in [2.75, 3.05) is 6.61 Å². The van der Waals surface area contributed by atoms with Crippen LogP contribution in [0, 0.1) is 5.41 Å². The van der Waals surface area contributed by atoms with E-state index < -0.39 is 0 Å². The molecule has 0 aliphatic rings. The van der Waals surface area contributed by atoms with E-state index in [1.165, 1.54) is 5.56 Å². The summed E-state index contributed by atoms with van der Waals surface area (Å²) in [5.74, 6) is 0. The maximum absolute atomic E-state index is 5.61. The summed E-state index contributed by atoms with van der Waals surface area (Å²) in [6.07, 6.45) is 3.00. The lowest BCUT2D eigenvalue weighted by molar-refractivity contribution is 0.101. The van der Waals surface area contributed by atoms with E-state index >= 15 is 0 Å². The minimum absolute atomic E-state index is 0.177. The summed E-state index contributed by atoms with van der Waals surface area (Å²) >= 11 is 0. The molecule has 0 unspecified atom stereocenters. The van der Waals surface area contributed by atoms with Crippen LogP contribution in [0.25, 0.3) is 0 Å². The zero-order valence-electron chi connectivity index (χ0n) is 9.70. The SMILES string of the molecule is C=CC(C)(C)CCOCc1ccccc1. The molecule has 0 aliphatic heterocycles. The van der Waals surface area contributed by atoms with Crippen LogP contribution in [0.1, 0.15) is 25.8 Å². The highest BCUT2D eigenvalue weighted by molar-refractivity contribution is 5.13. The van der Waals surface area contributed by atoms with E-state index in [9.17, 15) is 0 Å². The van der Waals surface area contributed by atoms with Crippen molar-refractivity contribution in [3.05, 3.63) is 48.6 Å². The van der Waals surface area contributed by atoms with Gasteiger partial charge in [0, 0.05) is 6.61 Å². The maximum atomic E-state index is 5.61. The van der Waals surface area contributed by atoms with Gasteiger partial charge in [0.25, 0.3) is 0 Å². The minimum Gasteiger partial charge on any atom is -0.377 e. The Bertz CT molecular complexity index is 287. The van der Waals surface area contributed by atoms with Gasteiger partial charge in [-0.3, -0.25) is 0 Å². The second-order valence-corrected chi connectivity index (χ2v) is 4.48. The van der Waals surface area contributed by atoms with Crippen molar-refractivity contribution in [2.45, 2.75) is 26.9 Å². The summed E-state index contributed by atoms with van der Waals surface area (Å²) in [6.45, 7) is 9.65. The van der Waals surface area contributed by atoms with Crippen LogP contribution in [0.4, 0.5) is 0 Å². The average Bonchev–Trinajstić information content (AvgIpc) is 2.26. The number of ether oxygens (including phenoxy) is 1. The predicted molar refractivity (Wildman–Crippen MR) is 64.7 cm³/mol. The smallest absolute Gasteiger partial charge is 0.0716 e. The van der Waals surface area contributed by atoms with Crippen molar-refractivity contribution < 1.29 is 4.74 Å². The molecule has 82 valence electrons. The molecular formula is C14H20O. The molecule has 0 spiro atoms. The van der Waals surface area contributed by atoms with Gasteiger partial charge in [-0.05, 0) is 17.4 Å². The van der Waals surface area contributed by atoms with Gasteiger partial charge >= 0.3 is 0 Å². The molecule has 1 heteroatoms. The van der Waals surface area contributed by atoms with Crippen LogP contribution < -0.4 is 0 Å². The lowest BCUT2D eigenvalue weighted by Gasteiger charge is -2.19. The van der Waals surface area contributed by atoms with Crippen LogP contribution in [0.15, 0.2) is 43.0 Å². The Morgan fingerprint density at radius 3 is 2.53 bits per heavy atom. The van der Waals surface area contributed by atoms with Crippen molar-refractivity contribution in [1.29, 1.82) is 0 Å². The maximum Gasteiger partial charge on any atom is 0.0716 e. The van der Waals surface area contributed by atoms with E-state index in [1.54, 1.807) is 0 Å². The van der Waals surface area contributed by atoms with E-state index in [4.69, 9.17) is 4.74 Å². The highest BCUT2D eigenvalue weighted by atomic mass is 16.5. The second kappa shape index (κ2) is 5.72. The number of benzene rings is 1. The Balaban J connectivity index is 2.20. The Labute approximate surface area is 92.8 Å². The lowest BCUT2D eigenvalue weighted by Crippen LogP contribution is -2.10. The molecule has 1 rings (SSSR count). The fraction of sp³-hybridized carbons (Fsp3) is 0.429. The summed E-state index contributed by atoms with van der Waals surface area (Å²) in [5.41, 5.74) is 1.41. The molecule has 0 fully saturated rings. The fourth-order valence-corrected chi connectivity index (χ4v) is 1.20. The highest BCUT2D eigenvalue weighted by Crippen LogP contribution is 2.21. The molecule has 1 aromatic carbocycles. The highest BCUT2D eigenvalue weighted by Gasteiger charge is 2.11. The number of rotatable bonds is 6. The van der Waals surface area contributed by atoms with Crippen LogP contribution in [-0.4, -0.2) is 6.61 Å². The van der Waals surface area contributed by atoms with Gasteiger partial charge in [-0.25, -0.2) is 0 Å². The first kappa shape index (κ1) is 12.0. The zero-order valence-corrected chi connectivity index (χ0v) is 9.70. The molecule has 0 saturated carbocycles. The minimum atomic E-state index is 0.177. The molecule has 0 saturated heterocycles. The molecule has 0 atom stereocenters. The number of hydrogen-bond donors (Lipinski definition) is 0. The monoisotopic (exact) mass is 204 g/mol. The first-order valence-electron chi connectivity index (χ1n) is 5.39. The second-order valence-electron chi connectivity index (χ2n) is 4.48. The summed E-state index contributed by atoms with van der Waals surface area (Å²) in [4.78, 5) is 0. The summed E-state index contributed by atoms with van der Waals surface area (Å²) in [7, 11) is 0. The topological polar surface area (TPSA) is 9.23 Å². The molecule has 15 heavy (non-hydrogen) atoms. The van der Waals surface area contributed by atoms with Crippen LogP contribution in [-0.2, 0) is 11.3 Å². The van der Waals surface area contributed by atoms with Crippen molar-refractivity contribution in [3.63, 3.8) is 0 Å².